The lowest BCUT2D eigenvalue weighted by atomic mass is 10.1. The molecule has 0 aromatic carbocycles. The molecular weight excluding hydrogens is 156 g/mol. The van der Waals surface area contributed by atoms with Gasteiger partial charge in [-0.2, -0.15) is 0 Å². The lowest BCUT2D eigenvalue weighted by Gasteiger charge is -2.36. The lowest BCUT2D eigenvalue weighted by Crippen LogP contribution is -2.50. The second-order valence-corrected chi connectivity index (χ2v) is 3.72. The van der Waals surface area contributed by atoms with Crippen LogP contribution in [0.4, 0.5) is 4.79 Å². The minimum Gasteiger partial charge on any atom is -0.399 e. The van der Waals surface area contributed by atoms with E-state index in [1.807, 2.05) is 0 Å². The molecule has 4 nitrogen and oxygen atoms in total. The molecule has 1 rings (SSSR count). The minimum atomic E-state index is -0.667. The second kappa shape index (κ2) is 3.76. The quantitative estimate of drug-likeness (QED) is 0.624. The normalized spacial score (nSPS) is 21.8. The number of nitrogens with two attached hydrogens (primary N) is 1. The van der Waals surface area contributed by atoms with Crippen molar-refractivity contribution in [3.8, 4) is 0 Å². The van der Waals surface area contributed by atoms with Crippen LogP contribution in [0.5, 0.6) is 0 Å². The van der Waals surface area contributed by atoms with Gasteiger partial charge in [0.15, 0.2) is 0 Å². The van der Waals surface area contributed by atoms with Crippen LogP contribution >= 0.6 is 0 Å². The Morgan fingerprint density at radius 2 is 2.00 bits per heavy atom. The summed E-state index contributed by atoms with van der Waals surface area (Å²) in [5.41, 5.74) is 4.90. The summed E-state index contributed by atoms with van der Waals surface area (Å²) in [6, 6.07) is 0. The molecule has 0 aromatic heterocycles. The Morgan fingerprint density at radius 3 is 2.50 bits per heavy atom. The highest BCUT2D eigenvalue weighted by atomic mass is 16.6. The van der Waals surface area contributed by atoms with Crippen LogP contribution < -0.4 is 5.73 Å². The Kier molecular flexibility index (Phi) is 2.92. The summed E-state index contributed by atoms with van der Waals surface area (Å²) in [5, 5.41) is 0. The van der Waals surface area contributed by atoms with Crippen LogP contribution in [0.15, 0.2) is 0 Å². The molecule has 0 aromatic rings. The number of hydrogen-bond donors (Lipinski definition) is 1. The first-order chi connectivity index (χ1) is 5.62. The van der Waals surface area contributed by atoms with E-state index in [2.05, 4.69) is 7.05 Å². The van der Waals surface area contributed by atoms with Crippen molar-refractivity contribution in [3.05, 3.63) is 0 Å². The first kappa shape index (κ1) is 9.32. The number of piperidine rings is 1. The molecule has 0 aliphatic carbocycles. The van der Waals surface area contributed by atoms with Gasteiger partial charge in [0.25, 0.3) is 0 Å². The van der Waals surface area contributed by atoms with Gasteiger partial charge < -0.3 is 10.5 Å². The number of rotatable bonds is 2. The third-order valence-corrected chi connectivity index (χ3v) is 2.41. The van der Waals surface area contributed by atoms with E-state index in [0.717, 1.165) is 17.6 Å². The van der Waals surface area contributed by atoms with Gasteiger partial charge in [-0.25, -0.2) is 4.79 Å². The molecule has 1 fully saturated rings. The number of primary amides is 1. The summed E-state index contributed by atoms with van der Waals surface area (Å²) in [6.45, 7) is 2.61. The number of quaternary nitrogens is 1. The molecule has 0 unspecified atom stereocenters. The zero-order valence-electron chi connectivity index (χ0n) is 7.58. The number of ether oxygens (including phenoxy) is 1. The van der Waals surface area contributed by atoms with E-state index in [-0.39, 0.29) is 0 Å². The SMILES string of the molecule is C[N+]1(COC(N)=O)CCCCC1. The van der Waals surface area contributed by atoms with Gasteiger partial charge in [0.05, 0.1) is 20.1 Å². The first-order valence-electron chi connectivity index (χ1n) is 4.38. The molecule has 1 heterocycles. The third kappa shape index (κ3) is 2.70. The van der Waals surface area contributed by atoms with Crippen molar-refractivity contribution in [2.24, 2.45) is 5.73 Å². The maximum Gasteiger partial charge on any atom is 0.408 e. The fraction of sp³-hybridized carbons (Fsp3) is 0.875. The molecule has 12 heavy (non-hydrogen) atoms. The Labute approximate surface area is 72.9 Å². The predicted molar refractivity (Wildman–Crippen MR) is 45.3 cm³/mol. The fourth-order valence-corrected chi connectivity index (χ4v) is 1.62. The molecule has 1 amide bonds. The Hall–Kier alpha value is -0.770. The van der Waals surface area contributed by atoms with Gasteiger partial charge in [-0.3, -0.25) is 4.48 Å². The topological polar surface area (TPSA) is 52.3 Å². The number of carbonyl (C=O) groups excluding carboxylic acids is 1. The van der Waals surface area contributed by atoms with E-state index in [4.69, 9.17) is 10.5 Å². The van der Waals surface area contributed by atoms with Gasteiger partial charge in [0.1, 0.15) is 0 Å². The molecule has 2 N–H and O–H groups in total. The van der Waals surface area contributed by atoms with E-state index >= 15 is 0 Å². The molecule has 70 valence electrons. The van der Waals surface area contributed by atoms with Gasteiger partial charge >= 0.3 is 6.09 Å². The monoisotopic (exact) mass is 173 g/mol. The summed E-state index contributed by atoms with van der Waals surface area (Å²) < 4.78 is 5.62. The molecule has 4 heteroatoms. The van der Waals surface area contributed by atoms with Crippen LogP contribution in [0.3, 0.4) is 0 Å². The van der Waals surface area contributed by atoms with Crippen molar-refractivity contribution in [2.45, 2.75) is 19.3 Å². The van der Waals surface area contributed by atoms with Crippen molar-refractivity contribution in [1.82, 2.24) is 0 Å². The zero-order chi connectivity index (χ0) is 9.03. The highest BCUT2D eigenvalue weighted by Gasteiger charge is 2.25. The summed E-state index contributed by atoms with van der Waals surface area (Å²) in [6.07, 6.45) is 3.07. The van der Waals surface area contributed by atoms with Gasteiger partial charge in [0, 0.05) is 0 Å². The van der Waals surface area contributed by atoms with Crippen molar-refractivity contribution in [1.29, 1.82) is 0 Å². The van der Waals surface area contributed by atoms with Crippen molar-refractivity contribution >= 4 is 6.09 Å². The van der Waals surface area contributed by atoms with Crippen LogP contribution in [0, 0.1) is 0 Å². The average molecular weight is 173 g/mol. The van der Waals surface area contributed by atoms with Gasteiger partial charge in [-0.05, 0) is 19.3 Å². The van der Waals surface area contributed by atoms with Crippen molar-refractivity contribution in [3.63, 3.8) is 0 Å². The van der Waals surface area contributed by atoms with Crippen LogP contribution in [0.2, 0.25) is 0 Å². The number of hydrogen-bond acceptors (Lipinski definition) is 2. The highest BCUT2D eigenvalue weighted by molar-refractivity contribution is 5.64. The minimum absolute atomic E-state index is 0.426. The average Bonchev–Trinajstić information content (AvgIpc) is 2.03. The largest absolute Gasteiger partial charge is 0.408 e. The Morgan fingerprint density at radius 1 is 1.42 bits per heavy atom. The zero-order valence-corrected chi connectivity index (χ0v) is 7.58. The number of carbonyl (C=O) groups is 1. The summed E-state index contributed by atoms with van der Waals surface area (Å²) >= 11 is 0. The van der Waals surface area contributed by atoms with Gasteiger partial charge in [0.2, 0.25) is 6.73 Å². The fourth-order valence-electron chi connectivity index (χ4n) is 1.62. The molecule has 1 saturated heterocycles. The number of amides is 1. The molecule has 1 aliphatic rings. The Balaban J connectivity index is 2.31. The maximum atomic E-state index is 10.4. The Bertz CT molecular complexity index is 164. The van der Waals surface area contributed by atoms with Gasteiger partial charge in [-0.15, -0.1) is 0 Å². The summed E-state index contributed by atoms with van der Waals surface area (Å²) in [4.78, 5) is 10.4. The number of nitrogens with zero attached hydrogens (tertiary/aromatic N) is 1. The lowest BCUT2D eigenvalue weighted by molar-refractivity contribution is -0.929. The highest BCUT2D eigenvalue weighted by Crippen LogP contribution is 2.15. The van der Waals surface area contributed by atoms with Gasteiger partial charge in [-0.1, -0.05) is 0 Å². The van der Waals surface area contributed by atoms with E-state index in [9.17, 15) is 4.79 Å². The van der Waals surface area contributed by atoms with E-state index in [1.165, 1.54) is 19.3 Å². The van der Waals surface area contributed by atoms with E-state index in [1.54, 1.807) is 0 Å². The standard InChI is InChI=1S/C8H16N2O2/c1-10(7-12-8(9)11)5-3-2-4-6-10/h2-7H2,1H3,(H-,9,11)/p+1. The van der Waals surface area contributed by atoms with Crippen LogP contribution in [0.25, 0.3) is 0 Å². The van der Waals surface area contributed by atoms with Crippen LogP contribution in [0.1, 0.15) is 19.3 Å². The first-order valence-corrected chi connectivity index (χ1v) is 4.38. The predicted octanol–water partition coefficient (Wildman–Crippen LogP) is 0.670. The van der Waals surface area contributed by atoms with E-state index < -0.39 is 6.09 Å². The summed E-state index contributed by atoms with van der Waals surface area (Å²) in [5.74, 6) is 0. The third-order valence-electron chi connectivity index (χ3n) is 2.41. The van der Waals surface area contributed by atoms with Crippen LogP contribution in [-0.2, 0) is 4.74 Å². The number of likely N-dealkylation sites (tertiary alicyclic amines) is 1. The second-order valence-electron chi connectivity index (χ2n) is 3.72. The molecule has 0 atom stereocenters. The molecule has 0 saturated carbocycles. The molecule has 0 bridgehead atoms. The van der Waals surface area contributed by atoms with E-state index in [0.29, 0.717) is 6.73 Å². The van der Waals surface area contributed by atoms with Crippen molar-refractivity contribution in [2.75, 3.05) is 26.9 Å². The maximum absolute atomic E-state index is 10.4. The molecule has 0 spiro atoms. The van der Waals surface area contributed by atoms with Crippen LogP contribution in [-0.4, -0.2) is 37.4 Å². The summed E-state index contributed by atoms with van der Waals surface area (Å²) in [7, 11) is 2.10. The van der Waals surface area contributed by atoms with Crippen molar-refractivity contribution < 1.29 is 14.0 Å². The molecule has 1 aliphatic heterocycles. The smallest absolute Gasteiger partial charge is 0.399 e. The molecular formula is C8H17N2O2+. The molecule has 0 radical (unpaired) electrons.